The Morgan fingerprint density at radius 3 is 2.74 bits per heavy atom. The molecule has 0 spiro atoms. The molecule has 0 bridgehead atoms. The Hall–Kier alpha value is -1.78. The lowest BCUT2D eigenvalue weighted by Crippen LogP contribution is -2.28. The van der Waals surface area contributed by atoms with Crippen molar-refractivity contribution in [3.8, 4) is 5.75 Å². The number of methoxy groups -OCH3 is 1. The lowest BCUT2D eigenvalue weighted by molar-refractivity contribution is -0.126. The molecule has 23 heavy (non-hydrogen) atoms. The van der Waals surface area contributed by atoms with Gasteiger partial charge in [-0.05, 0) is 48.7 Å². The summed E-state index contributed by atoms with van der Waals surface area (Å²) in [5.41, 5.74) is 1.16. The van der Waals surface area contributed by atoms with Crippen LogP contribution < -0.4 is 4.74 Å². The van der Waals surface area contributed by atoms with Gasteiger partial charge in [-0.1, -0.05) is 23.7 Å². The minimum absolute atomic E-state index is 0.0489. The molecule has 1 aromatic carbocycles. The number of benzene rings is 1. The minimum Gasteiger partial charge on any atom is -0.497 e. The molecule has 3 nitrogen and oxygen atoms in total. The Morgan fingerprint density at radius 2 is 2.09 bits per heavy atom. The number of nitrogens with zero attached hydrogens (tertiary/aromatic N) is 1. The number of amides is 1. The average Bonchev–Trinajstić information content (AvgIpc) is 3.21. The van der Waals surface area contributed by atoms with Crippen molar-refractivity contribution in [2.75, 3.05) is 13.7 Å². The van der Waals surface area contributed by atoms with Gasteiger partial charge in [0.05, 0.1) is 17.5 Å². The number of hydrogen-bond donors (Lipinski definition) is 0. The predicted molar refractivity (Wildman–Crippen MR) is 95.0 cm³/mol. The van der Waals surface area contributed by atoms with Crippen molar-refractivity contribution in [1.82, 2.24) is 4.90 Å². The third-order valence-electron chi connectivity index (χ3n) is 4.02. The van der Waals surface area contributed by atoms with Gasteiger partial charge in [-0.2, -0.15) is 0 Å². The van der Waals surface area contributed by atoms with E-state index in [4.69, 9.17) is 16.3 Å². The number of halogens is 1. The van der Waals surface area contributed by atoms with E-state index in [1.165, 1.54) is 11.3 Å². The molecule has 0 N–H and O–H groups in total. The average molecular weight is 348 g/mol. The molecule has 0 radical (unpaired) electrons. The van der Waals surface area contributed by atoms with Gasteiger partial charge in [0.25, 0.3) is 0 Å². The highest BCUT2D eigenvalue weighted by Gasteiger charge is 2.28. The van der Waals surface area contributed by atoms with Crippen LogP contribution in [-0.2, 0) is 4.79 Å². The zero-order valence-corrected chi connectivity index (χ0v) is 14.4. The first-order valence-corrected chi connectivity index (χ1v) is 8.75. The molecule has 120 valence electrons. The molecule has 0 aliphatic carbocycles. The zero-order valence-electron chi connectivity index (χ0n) is 12.9. The first kappa shape index (κ1) is 16.1. The van der Waals surface area contributed by atoms with E-state index in [2.05, 4.69) is 0 Å². The number of likely N-dealkylation sites (tertiary alicyclic amines) is 1. The Bertz CT molecular complexity index is 708. The SMILES string of the molecule is COc1ccc(C2CCCN2C(=O)/C=C/c2ccc(Cl)s2)cc1. The molecule has 1 fully saturated rings. The maximum atomic E-state index is 12.5. The van der Waals surface area contributed by atoms with Gasteiger partial charge >= 0.3 is 0 Å². The Kier molecular flexibility index (Phi) is 5.03. The summed E-state index contributed by atoms with van der Waals surface area (Å²) in [4.78, 5) is 15.4. The summed E-state index contributed by atoms with van der Waals surface area (Å²) in [5, 5.41) is 0. The molecule has 2 heterocycles. The van der Waals surface area contributed by atoms with Crippen LogP contribution in [0, 0.1) is 0 Å². The fourth-order valence-corrected chi connectivity index (χ4v) is 3.83. The van der Waals surface area contributed by atoms with Gasteiger partial charge in [-0.3, -0.25) is 4.79 Å². The van der Waals surface area contributed by atoms with Crippen LogP contribution in [0.2, 0.25) is 4.34 Å². The first-order valence-electron chi connectivity index (χ1n) is 7.55. The summed E-state index contributed by atoms with van der Waals surface area (Å²) < 4.78 is 5.93. The predicted octanol–water partition coefficient (Wildman–Crippen LogP) is 4.79. The summed E-state index contributed by atoms with van der Waals surface area (Å²) in [6.45, 7) is 0.797. The van der Waals surface area contributed by atoms with E-state index >= 15 is 0 Å². The quantitative estimate of drug-likeness (QED) is 0.744. The number of thiophene rings is 1. The second kappa shape index (κ2) is 7.20. The molecule has 1 amide bonds. The molecule has 1 aliphatic heterocycles. The molecular weight excluding hydrogens is 330 g/mol. The van der Waals surface area contributed by atoms with Crippen molar-refractivity contribution in [2.45, 2.75) is 18.9 Å². The van der Waals surface area contributed by atoms with Crippen molar-refractivity contribution in [2.24, 2.45) is 0 Å². The lowest BCUT2D eigenvalue weighted by Gasteiger charge is -2.24. The minimum atomic E-state index is 0.0489. The van der Waals surface area contributed by atoms with Gasteiger partial charge in [0.2, 0.25) is 5.91 Å². The molecule has 3 rings (SSSR count). The molecule has 2 aromatic rings. The second-order valence-corrected chi connectivity index (χ2v) is 7.18. The van der Waals surface area contributed by atoms with E-state index in [1.807, 2.05) is 47.4 Å². The third-order valence-corrected chi connectivity index (χ3v) is 5.22. The van der Waals surface area contributed by atoms with Crippen LogP contribution in [0.4, 0.5) is 0 Å². The van der Waals surface area contributed by atoms with Crippen molar-refractivity contribution in [1.29, 1.82) is 0 Å². The number of ether oxygens (including phenoxy) is 1. The van der Waals surface area contributed by atoms with Crippen LogP contribution in [0.25, 0.3) is 6.08 Å². The van der Waals surface area contributed by atoms with Crippen molar-refractivity contribution in [3.05, 3.63) is 57.3 Å². The number of carbonyl (C=O) groups excluding carboxylic acids is 1. The van der Waals surface area contributed by atoms with Gasteiger partial charge in [-0.15, -0.1) is 11.3 Å². The van der Waals surface area contributed by atoms with E-state index in [0.717, 1.165) is 39.9 Å². The Labute approximate surface area is 145 Å². The molecule has 1 aliphatic rings. The van der Waals surface area contributed by atoms with Crippen LogP contribution in [0.3, 0.4) is 0 Å². The maximum absolute atomic E-state index is 12.5. The first-order chi connectivity index (χ1) is 11.2. The summed E-state index contributed by atoms with van der Waals surface area (Å²) in [6.07, 6.45) is 5.50. The third kappa shape index (κ3) is 3.77. The molecule has 1 aromatic heterocycles. The lowest BCUT2D eigenvalue weighted by atomic mass is 10.0. The number of hydrogen-bond acceptors (Lipinski definition) is 3. The highest BCUT2D eigenvalue weighted by atomic mass is 35.5. The van der Waals surface area contributed by atoms with E-state index < -0.39 is 0 Å². The van der Waals surface area contributed by atoms with Crippen LogP contribution in [0.5, 0.6) is 5.75 Å². The van der Waals surface area contributed by atoms with Crippen LogP contribution in [-0.4, -0.2) is 24.5 Å². The zero-order chi connectivity index (χ0) is 16.2. The second-order valence-electron chi connectivity index (χ2n) is 5.44. The molecule has 1 unspecified atom stereocenters. The van der Waals surface area contributed by atoms with Gasteiger partial charge in [-0.25, -0.2) is 0 Å². The van der Waals surface area contributed by atoms with Crippen LogP contribution in [0.15, 0.2) is 42.5 Å². The normalized spacial score (nSPS) is 17.8. The van der Waals surface area contributed by atoms with Gasteiger partial charge in [0.1, 0.15) is 5.75 Å². The van der Waals surface area contributed by atoms with Gasteiger partial charge < -0.3 is 9.64 Å². The topological polar surface area (TPSA) is 29.5 Å². The summed E-state index contributed by atoms with van der Waals surface area (Å²) in [5.74, 6) is 0.881. The Morgan fingerprint density at radius 1 is 1.30 bits per heavy atom. The van der Waals surface area contributed by atoms with E-state index in [-0.39, 0.29) is 11.9 Å². The molecule has 0 saturated carbocycles. The van der Waals surface area contributed by atoms with E-state index in [1.54, 1.807) is 13.2 Å². The van der Waals surface area contributed by atoms with Crippen molar-refractivity contribution in [3.63, 3.8) is 0 Å². The molecule has 1 saturated heterocycles. The van der Waals surface area contributed by atoms with Gasteiger partial charge in [0.15, 0.2) is 0 Å². The fourth-order valence-electron chi connectivity index (χ4n) is 2.87. The van der Waals surface area contributed by atoms with Gasteiger partial charge in [0, 0.05) is 17.5 Å². The molecule has 1 atom stereocenters. The standard InChI is InChI=1S/C18H18ClNO2S/c1-22-14-6-4-13(5-7-14)16-3-2-12-20(16)18(21)11-9-15-8-10-17(19)23-15/h4-11,16H,2-3,12H2,1H3/b11-9+. The number of carbonyl (C=O) groups is 1. The Balaban J connectivity index is 1.72. The molecule has 5 heteroatoms. The smallest absolute Gasteiger partial charge is 0.247 e. The van der Waals surface area contributed by atoms with Crippen molar-refractivity contribution < 1.29 is 9.53 Å². The fraction of sp³-hybridized carbons (Fsp3) is 0.278. The highest BCUT2D eigenvalue weighted by Crippen LogP contribution is 2.33. The van der Waals surface area contributed by atoms with E-state index in [0.29, 0.717) is 0 Å². The summed E-state index contributed by atoms with van der Waals surface area (Å²) in [6, 6.07) is 11.9. The number of rotatable bonds is 4. The monoisotopic (exact) mass is 347 g/mol. The van der Waals surface area contributed by atoms with Crippen LogP contribution >= 0.6 is 22.9 Å². The van der Waals surface area contributed by atoms with Crippen molar-refractivity contribution >= 4 is 34.9 Å². The van der Waals surface area contributed by atoms with E-state index in [9.17, 15) is 4.79 Å². The maximum Gasteiger partial charge on any atom is 0.247 e. The summed E-state index contributed by atoms with van der Waals surface area (Å²) in [7, 11) is 1.65. The summed E-state index contributed by atoms with van der Waals surface area (Å²) >= 11 is 7.38. The molecular formula is C18H18ClNO2S. The highest BCUT2D eigenvalue weighted by molar-refractivity contribution is 7.17. The van der Waals surface area contributed by atoms with Crippen LogP contribution in [0.1, 0.15) is 29.3 Å². The largest absolute Gasteiger partial charge is 0.497 e.